The zero-order chi connectivity index (χ0) is 22.8. The van der Waals surface area contributed by atoms with E-state index in [2.05, 4.69) is 0 Å². The van der Waals surface area contributed by atoms with E-state index in [-0.39, 0.29) is 24.5 Å². The summed E-state index contributed by atoms with van der Waals surface area (Å²) in [5.41, 5.74) is -0.253. The quantitative estimate of drug-likeness (QED) is 0.629. The Labute approximate surface area is 182 Å². The maximum Gasteiger partial charge on any atom is 0.414 e. The van der Waals surface area contributed by atoms with Gasteiger partial charge in [-0.3, -0.25) is 14.5 Å². The number of carbonyl (C=O) groups excluding carboxylic acids is 2. The zero-order valence-electron chi connectivity index (χ0n) is 17.2. The number of alkyl halides is 2. The Morgan fingerprint density at radius 1 is 1.16 bits per heavy atom. The molecular weight excluding hydrogens is 436 g/mol. The van der Waals surface area contributed by atoms with Gasteiger partial charge in [0.2, 0.25) is 0 Å². The average Bonchev–Trinajstić information content (AvgIpc) is 3.51. The molecule has 1 unspecified atom stereocenters. The van der Waals surface area contributed by atoms with E-state index in [9.17, 15) is 27.2 Å². The average molecular weight is 460 g/mol. The summed E-state index contributed by atoms with van der Waals surface area (Å²) in [5, 5.41) is 3.80. The Balaban J connectivity index is 1.41. The van der Waals surface area contributed by atoms with E-state index in [4.69, 9.17) is 9.57 Å². The number of halogens is 4. The van der Waals surface area contributed by atoms with Gasteiger partial charge < -0.3 is 15.0 Å². The van der Waals surface area contributed by atoms with Crippen LogP contribution in [-0.4, -0.2) is 75.5 Å². The third kappa shape index (κ3) is 5.23. The fraction of sp³-hybridized carbons (Fsp3) is 0.600. The van der Waals surface area contributed by atoms with E-state index in [0.717, 1.165) is 23.6 Å². The van der Waals surface area contributed by atoms with Crippen molar-refractivity contribution in [1.29, 1.82) is 0 Å². The van der Waals surface area contributed by atoms with Crippen LogP contribution in [0.25, 0.3) is 0 Å². The third-order valence-electron chi connectivity index (χ3n) is 5.62. The molecule has 2 aliphatic heterocycles. The molecule has 3 fully saturated rings. The monoisotopic (exact) mass is 460 g/mol. The molecule has 0 spiro atoms. The van der Waals surface area contributed by atoms with Crippen molar-refractivity contribution in [3.63, 3.8) is 0 Å². The van der Waals surface area contributed by atoms with Gasteiger partial charge >= 0.3 is 12.5 Å². The lowest BCUT2D eigenvalue weighted by Gasteiger charge is -2.24. The molecule has 1 atom stereocenters. The van der Waals surface area contributed by atoms with Crippen LogP contribution in [0.15, 0.2) is 12.1 Å². The van der Waals surface area contributed by atoms with E-state index in [0.29, 0.717) is 32.2 Å². The van der Waals surface area contributed by atoms with E-state index < -0.39 is 36.2 Å². The summed E-state index contributed by atoms with van der Waals surface area (Å²) in [4.78, 5) is 31.3. The number of nitrogens with one attached hydrogen (secondary N) is 1. The highest BCUT2D eigenvalue weighted by molar-refractivity contribution is 5.90. The molecule has 1 aliphatic carbocycles. The van der Waals surface area contributed by atoms with Crippen molar-refractivity contribution in [2.24, 2.45) is 5.92 Å². The number of hydroxylamine groups is 2. The normalized spacial score (nSPS) is 22.3. The second kappa shape index (κ2) is 9.49. The fourth-order valence-corrected chi connectivity index (χ4v) is 3.79. The lowest BCUT2D eigenvalue weighted by Crippen LogP contribution is -2.37. The molecule has 1 saturated carbocycles. The Hall–Kier alpha value is -2.60. The summed E-state index contributed by atoms with van der Waals surface area (Å²) in [6, 6.07) is 2.07. The highest BCUT2D eigenvalue weighted by Crippen LogP contribution is 2.32. The molecule has 8 nitrogen and oxygen atoms in total. The minimum Gasteiger partial charge on any atom is -0.442 e. The number of amides is 2. The fourth-order valence-electron chi connectivity index (χ4n) is 3.79. The predicted molar refractivity (Wildman–Crippen MR) is 105 cm³/mol. The van der Waals surface area contributed by atoms with Crippen LogP contribution in [0.5, 0.6) is 0 Å². The van der Waals surface area contributed by atoms with E-state index >= 15 is 0 Å². The Kier molecular flexibility index (Phi) is 6.70. The first-order valence-corrected chi connectivity index (χ1v) is 10.5. The molecule has 2 amide bonds. The summed E-state index contributed by atoms with van der Waals surface area (Å²) in [5.74, 6) is -2.53. The number of rotatable bonds is 7. The molecule has 2 saturated heterocycles. The summed E-state index contributed by atoms with van der Waals surface area (Å²) >= 11 is 0. The molecule has 0 bridgehead atoms. The second-order valence-corrected chi connectivity index (χ2v) is 8.07. The largest absolute Gasteiger partial charge is 0.442 e. The van der Waals surface area contributed by atoms with Crippen LogP contribution in [0.1, 0.15) is 12.8 Å². The summed E-state index contributed by atoms with van der Waals surface area (Å²) in [7, 11) is 0. The van der Waals surface area contributed by atoms with Crippen LogP contribution in [0, 0.1) is 17.6 Å². The van der Waals surface area contributed by atoms with Gasteiger partial charge in [-0.25, -0.2) is 13.6 Å². The molecule has 3 aliphatic rings. The maximum absolute atomic E-state index is 14.9. The van der Waals surface area contributed by atoms with Crippen molar-refractivity contribution in [2.75, 3.05) is 55.7 Å². The molecule has 2 heterocycles. The van der Waals surface area contributed by atoms with Gasteiger partial charge in [-0.1, -0.05) is 0 Å². The van der Waals surface area contributed by atoms with Gasteiger partial charge in [-0.15, -0.1) is 0 Å². The number of hydrogen-bond acceptors (Lipinski definition) is 6. The second-order valence-electron chi connectivity index (χ2n) is 8.07. The lowest BCUT2D eigenvalue weighted by molar-refractivity contribution is -0.150. The van der Waals surface area contributed by atoms with Gasteiger partial charge in [0.15, 0.2) is 11.6 Å². The van der Waals surface area contributed by atoms with Crippen molar-refractivity contribution >= 4 is 23.4 Å². The number of cyclic esters (lactones) is 1. The number of anilines is 2. The molecular formula is C20H24F4N4O4. The van der Waals surface area contributed by atoms with Crippen LogP contribution in [0.4, 0.5) is 33.7 Å². The molecule has 0 aromatic heterocycles. The SMILES string of the molecule is O=C(NCC1CN(c2cc(F)c(N3CCON(CC4CC4)CC3)c(F)c2)C(=O)O1)C(F)F. The number of nitrogens with zero attached hydrogens (tertiary/aromatic N) is 3. The van der Waals surface area contributed by atoms with Crippen molar-refractivity contribution < 1.29 is 36.7 Å². The first kappa shape index (κ1) is 22.6. The molecule has 1 aromatic carbocycles. The van der Waals surface area contributed by atoms with E-state index in [1.54, 1.807) is 4.90 Å². The number of ether oxygens (including phenoxy) is 1. The molecule has 32 heavy (non-hydrogen) atoms. The topological polar surface area (TPSA) is 74.4 Å². The smallest absolute Gasteiger partial charge is 0.414 e. The van der Waals surface area contributed by atoms with Crippen LogP contribution in [-0.2, 0) is 14.4 Å². The Bertz CT molecular complexity index is 847. The summed E-state index contributed by atoms with van der Waals surface area (Å²) in [6.07, 6.45) is -2.65. The number of hydrogen-bond donors (Lipinski definition) is 1. The predicted octanol–water partition coefficient (Wildman–Crippen LogP) is 2.13. The van der Waals surface area contributed by atoms with Crippen molar-refractivity contribution in [2.45, 2.75) is 25.4 Å². The highest BCUT2D eigenvalue weighted by Gasteiger charge is 2.34. The van der Waals surface area contributed by atoms with E-state index in [1.165, 1.54) is 12.8 Å². The van der Waals surface area contributed by atoms with Crippen LogP contribution < -0.4 is 15.1 Å². The molecule has 1 aromatic rings. The number of carbonyl (C=O) groups is 2. The van der Waals surface area contributed by atoms with Crippen molar-refractivity contribution in [3.8, 4) is 0 Å². The van der Waals surface area contributed by atoms with Crippen molar-refractivity contribution in [1.82, 2.24) is 10.4 Å². The van der Waals surface area contributed by atoms with Gasteiger partial charge in [0.05, 0.1) is 25.4 Å². The van der Waals surface area contributed by atoms with Crippen LogP contribution >= 0.6 is 0 Å². The molecule has 176 valence electrons. The minimum atomic E-state index is -3.19. The Morgan fingerprint density at radius 2 is 1.88 bits per heavy atom. The molecule has 12 heteroatoms. The molecule has 0 radical (unpaired) electrons. The first-order valence-electron chi connectivity index (χ1n) is 10.5. The molecule has 4 rings (SSSR count). The van der Waals surface area contributed by atoms with Gasteiger partial charge in [0, 0.05) is 38.3 Å². The summed E-state index contributed by atoms with van der Waals surface area (Å²) < 4.78 is 59.4. The van der Waals surface area contributed by atoms with Gasteiger partial charge in [0.1, 0.15) is 11.8 Å². The van der Waals surface area contributed by atoms with Crippen LogP contribution in [0.2, 0.25) is 0 Å². The first-order chi connectivity index (χ1) is 15.3. The maximum atomic E-state index is 14.9. The third-order valence-corrected chi connectivity index (χ3v) is 5.62. The van der Waals surface area contributed by atoms with E-state index in [1.807, 2.05) is 10.4 Å². The summed E-state index contributed by atoms with van der Waals surface area (Å²) in [6.45, 7) is 1.85. The standard InChI is InChI=1S/C20H24F4N4O4/c21-15-7-13(28-11-14(32-20(28)30)9-25-19(29)18(23)24)8-16(22)17(15)26-3-4-27(31-6-5-26)10-12-1-2-12/h7-8,12,14,18H,1-6,9-11H2,(H,25,29). The molecule has 1 N–H and O–H groups in total. The zero-order valence-corrected chi connectivity index (χ0v) is 17.2. The van der Waals surface area contributed by atoms with Crippen molar-refractivity contribution in [3.05, 3.63) is 23.8 Å². The minimum absolute atomic E-state index is 0.0575. The van der Waals surface area contributed by atoms with Gasteiger partial charge in [0.25, 0.3) is 5.91 Å². The van der Waals surface area contributed by atoms with Gasteiger partial charge in [-0.05, 0) is 18.8 Å². The Morgan fingerprint density at radius 3 is 2.53 bits per heavy atom. The number of benzene rings is 1. The van der Waals surface area contributed by atoms with Gasteiger partial charge in [-0.2, -0.15) is 13.8 Å². The lowest BCUT2D eigenvalue weighted by atomic mass is 10.2. The van der Waals surface area contributed by atoms with Crippen LogP contribution in [0.3, 0.4) is 0 Å². The highest BCUT2D eigenvalue weighted by atomic mass is 19.3.